The Morgan fingerprint density at radius 2 is 2.13 bits per heavy atom. The lowest BCUT2D eigenvalue weighted by Crippen LogP contribution is -2.35. The van der Waals surface area contributed by atoms with Crippen LogP contribution in [0.3, 0.4) is 0 Å². The summed E-state index contributed by atoms with van der Waals surface area (Å²) in [6, 6.07) is 0. The zero-order valence-electron chi connectivity index (χ0n) is 10.1. The first-order chi connectivity index (χ1) is 7.26. The first-order valence-electron chi connectivity index (χ1n) is 5.74. The first-order valence-corrected chi connectivity index (χ1v) is 5.74. The Morgan fingerprint density at radius 3 is 2.67 bits per heavy atom. The van der Waals surface area contributed by atoms with Crippen LogP contribution in [0.5, 0.6) is 0 Å². The maximum Gasteiger partial charge on any atom is 0.208 e. The van der Waals surface area contributed by atoms with Crippen LogP contribution in [-0.2, 0) is 4.74 Å². The van der Waals surface area contributed by atoms with Crippen molar-refractivity contribution in [3.05, 3.63) is 12.2 Å². The highest BCUT2D eigenvalue weighted by Gasteiger charge is 2.18. The maximum absolute atomic E-state index is 5.83. The van der Waals surface area contributed by atoms with E-state index in [0.29, 0.717) is 6.10 Å². The number of aliphatic imine (C=N–C) groups is 1. The number of nitrogens with zero attached hydrogens (tertiary/aromatic N) is 2. The van der Waals surface area contributed by atoms with Crippen molar-refractivity contribution in [2.45, 2.75) is 32.3 Å². The molecule has 1 heterocycles. The molecule has 1 fully saturated rings. The van der Waals surface area contributed by atoms with E-state index in [9.17, 15) is 0 Å². The SMILES string of the molecule is CC/C=C\C(=NC)OC1CCN(C)CC1. The van der Waals surface area contributed by atoms with Crippen molar-refractivity contribution in [3.63, 3.8) is 0 Å². The topological polar surface area (TPSA) is 24.8 Å². The fraction of sp³-hybridized carbons (Fsp3) is 0.750. The highest BCUT2D eigenvalue weighted by atomic mass is 16.5. The van der Waals surface area contributed by atoms with Gasteiger partial charge in [-0.15, -0.1) is 0 Å². The smallest absolute Gasteiger partial charge is 0.208 e. The molecule has 0 spiro atoms. The zero-order valence-corrected chi connectivity index (χ0v) is 10.1. The molecule has 0 unspecified atom stereocenters. The van der Waals surface area contributed by atoms with Crippen molar-refractivity contribution in [1.29, 1.82) is 0 Å². The van der Waals surface area contributed by atoms with Gasteiger partial charge in [-0.3, -0.25) is 4.99 Å². The van der Waals surface area contributed by atoms with Crippen LogP contribution >= 0.6 is 0 Å². The molecule has 0 saturated carbocycles. The lowest BCUT2D eigenvalue weighted by atomic mass is 10.1. The molecule has 1 aliphatic rings. The van der Waals surface area contributed by atoms with E-state index < -0.39 is 0 Å². The Morgan fingerprint density at radius 1 is 1.47 bits per heavy atom. The van der Waals surface area contributed by atoms with E-state index in [2.05, 4.69) is 29.9 Å². The minimum Gasteiger partial charge on any atom is -0.475 e. The summed E-state index contributed by atoms with van der Waals surface area (Å²) in [5.74, 6) is 0.770. The van der Waals surface area contributed by atoms with Gasteiger partial charge in [0.1, 0.15) is 6.10 Å². The summed E-state index contributed by atoms with van der Waals surface area (Å²) >= 11 is 0. The summed E-state index contributed by atoms with van der Waals surface area (Å²) in [5, 5.41) is 0. The van der Waals surface area contributed by atoms with E-state index in [1.165, 1.54) is 0 Å². The molecule has 1 rings (SSSR count). The normalized spacial score (nSPS) is 21.1. The minimum atomic E-state index is 0.349. The summed E-state index contributed by atoms with van der Waals surface area (Å²) in [4.78, 5) is 6.47. The lowest BCUT2D eigenvalue weighted by molar-refractivity contribution is 0.106. The Bertz CT molecular complexity index is 228. The highest BCUT2D eigenvalue weighted by molar-refractivity contribution is 5.87. The third-order valence-electron chi connectivity index (χ3n) is 2.67. The van der Waals surface area contributed by atoms with E-state index in [1.807, 2.05) is 6.08 Å². The predicted molar refractivity (Wildman–Crippen MR) is 64.4 cm³/mol. The van der Waals surface area contributed by atoms with Crippen molar-refractivity contribution in [1.82, 2.24) is 4.90 Å². The molecule has 0 aliphatic carbocycles. The lowest BCUT2D eigenvalue weighted by Gasteiger charge is -2.29. The minimum absolute atomic E-state index is 0.349. The summed E-state index contributed by atoms with van der Waals surface area (Å²) in [7, 11) is 3.94. The second-order valence-corrected chi connectivity index (χ2v) is 3.99. The van der Waals surface area contributed by atoms with Gasteiger partial charge in [0.05, 0.1) is 0 Å². The monoisotopic (exact) mass is 210 g/mol. The summed E-state index contributed by atoms with van der Waals surface area (Å²) in [5.41, 5.74) is 0. The number of hydrogen-bond acceptors (Lipinski definition) is 3. The largest absolute Gasteiger partial charge is 0.475 e. The van der Waals surface area contributed by atoms with Gasteiger partial charge in [-0.05, 0) is 32.4 Å². The van der Waals surface area contributed by atoms with E-state index in [1.54, 1.807) is 7.05 Å². The van der Waals surface area contributed by atoms with Crippen molar-refractivity contribution in [2.75, 3.05) is 27.2 Å². The van der Waals surface area contributed by atoms with Crippen LogP contribution in [-0.4, -0.2) is 44.1 Å². The average Bonchev–Trinajstić information content (AvgIpc) is 2.27. The molecular formula is C12H22N2O. The number of ether oxygens (including phenoxy) is 1. The third kappa shape index (κ3) is 4.47. The van der Waals surface area contributed by atoms with Gasteiger partial charge in [-0.25, -0.2) is 0 Å². The Kier molecular flexibility index (Phi) is 5.40. The molecule has 0 aromatic heterocycles. The van der Waals surface area contributed by atoms with Gasteiger partial charge < -0.3 is 9.64 Å². The van der Waals surface area contributed by atoms with Crippen LogP contribution in [0.2, 0.25) is 0 Å². The van der Waals surface area contributed by atoms with Crippen LogP contribution in [0, 0.1) is 0 Å². The van der Waals surface area contributed by atoms with E-state index in [4.69, 9.17) is 4.74 Å². The van der Waals surface area contributed by atoms with E-state index >= 15 is 0 Å². The summed E-state index contributed by atoms with van der Waals surface area (Å²) in [6.45, 7) is 4.36. The molecule has 3 heteroatoms. The molecule has 0 radical (unpaired) electrons. The Labute approximate surface area is 92.8 Å². The number of piperidine rings is 1. The van der Waals surface area contributed by atoms with Crippen LogP contribution in [0.4, 0.5) is 0 Å². The molecule has 0 atom stereocenters. The van der Waals surface area contributed by atoms with Crippen LogP contribution in [0.1, 0.15) is 26.2 Å². The van der Waals surface area contributed by atoms with Crippen molar-refractivity contribution < 1.29 is 4.74 Å². The van der Waals surface area contributed by atoms with E-state index in [0.717, 1.165) is 38.2 Å². The van der Waals surface area contributed by atoms with Gasteiger partial charge in [0.25, 0.3) is 0 Å². The molecule has 15 heavy (non-hydrogen) atoms. The van der Waals surface area contributed by atoms with Crippen LogP contribution in [0.25, 0.3) is 0 Å². The second kappa shape index (κ2) is 6.62. The molecule has 0 amide bonds. The number of hydrogen-bond donors (Lipinski definition) is 0. The zero-order chi connectivity index (χ0) is 11.1. The molecule has 0 aromatic carbocycles. The van der Waals surface area contributed by atoms with Crippen LogP contribution < -0.4 is 0 Å². The highest BCUT2D eigenvalue weighted by Crippen LogP contribution is 2.12. The van der Waals surface area contributed by atoms with Crippen molar-refractivity contribution >= 4 is 5.90 Å². The van der Waals surface area contributed by atoms with Gasteiger partial charge in [0.15, 0.2) is 0 Å². The Hall–Kier alpha value is -0.830. The Balaban J connectivity index is 2.36. The second-order valence-electron chi connectivity index (χ2n) is 3.99. The molecule has 0 bridgehead atoms. The fourth-order valence-electron chi connectivity index (χ4n) is 1.66. The first kappa shape index (κ1) is 12.2. The number of rotatable bonds is 3. The van der Waals surface area contributed by atoms with Gasteiger partial charge in [0, 0.05) is 20.1 Å². The summed E-state index contributed by atoms with van der Waals surface area (Å²) in [6.07, 6.45) is 7.64. The third-order valence-corrected chi connectivity index (χ3v) is 2.67. The molecule has 1 saturated heterocycles. The fourth-order valence-corrected chi connectivity index (χ4v) is 1.66. The summed E-state index contributed by atoms with van der Waals surface area (Å²) < 4.78 is 5.83. The quantitative estimate of drug-likeness (QED) is 0.526. The van der Waals surface area contributed by atoms with Gasteiger partial charge in [-0.1, -0.05) is 13.0 Å². The average molecular weight is 210 g/mol. The number of likely N-dealkylation sites (tertiary alicyclic amines) is 1. The molecule has 0 aromatic rings. The maximum atomic E-state index is 5.83. The molecule has 3 nitrogen and oxygen atoms in total. The molecular weight excluding hydrogens is 188 g/mol. The van der Waals surface area contributed by atoms with Gasteiger partial charge in [0.2, 0.25) is 5.90 Å². The van der Waals surface area contributed by atoms with Crippen molar-refractivity contribution in [2.24, 2.45) is 4.99 Å². The van der Waals surface area contributed by atoms with Gasteiger partial charge >= 0.3 is 0 Å². The number of allylic oxidation sites excluding steroid dienone is 1. The van der Waals surface area contributed by atoms with Gasteiger partial charge in [-0.2, -0.15) is 0 Å². The van der Waals surface area contributed by atoms with Crippen LogP contribution in [0.15, 0.2) is 17.1 Å². The molecule has 86 valence electrons. The predicted octanol–water partition coefficient (Wildman–Crippen LogP) is 2.09. The molecule has 1 aliphatic heterocycles. The molecule has 0 N–H and O–H groups in total. The standard InChI is InChI=1S/C12H22N2O/c1-4-5-6-12(13-2)15-11-7-9-14(3)10-8-11/h5-6,11H,4,7-10H2,1-3H3/b6-5-,13-12?. The van der Waals surface area contributed by atoms with E-state index in [-0.39, 0.29) is 0 Å². The van der Waals surface area contributed by atoms with Crippen molar-refractivity contribution in [3.8, 4) is 0 Å².